The zero-order chi connectivity index (χ0) is 15.4. The fraction of sp³-hybridized carbons (Fsp3) is 0.500. The van der Waals surface area contributed by atoms with Crippen molar-refractivity contribution in [1.29, 1.82) is 0 Å². The largest absolute Gasteiger partial charge is 0.335 e. The smallest absolute Gasteiger partial charge is 0.243 e. The lowest BCUT2D eigenvalue weighted by atomic mass is 10.1. The number of carbonyl (C=O) groups is 2. The number of anilines is 1. The average molecular weight is 326 g/mol. The van der Waals surface area contributed by atoms with Crippen molar-refractivity contribution in [3.8, 4) is 0 Å². The summed E-state index contributed by atoms with van der Waals surface area (Å²) in [6.45, 7) is 4.93. The van der Waals surface area contributed by atoms with Crippen LogP contribution in [0.1, 0.15) is 24.0 Å². The van der Waals surface area contributed by atoms with Gasteiger partial charge in [-0.3, -0.25) is 9.59 Å². The molecule has 1 saturated heterocycles. The summed E-state index contributed by atoms with van der Waals surface area (Å²) in [4.78, 5) is 25.7. The first kappa shape index (κ1) is 18.5. The second-order valence-corrected chi connectivity index (χ2v) is 5.64. The number of halogens is 1. The molecule has 0 radical (unpaired) electrons. The summed E-state index contributed by atoms with van der Waals surface area (Å²) < 4.78 is 0. The number of amides is 2. The normalized spacial score (nSPS) is 16.8. The van der Waals surface area contributed by atoms with E-state index in [2.05, 4.69) is 10.6 Å². The van der Waals surface area contributed by atoms with Crippen LogP contribution in [0.25, 0.3) is 0 Å². The van der Waals surface area contributed by atoms with Crippen molar-refractivity contribution in [1.82, 2.24) is 10.2 Å². The first-order chi connectivity index (χ1) is 9.99. The number of nitrogens with zero attached hydrogens (tertiary/aromatic N) is 1. The summed E-state index contributed by atoms with van der Waals surface area (Å²) >= 11 is 0. The van der Waals surface area contributed by atoms with Gasteiger partial charge in [0.15, 0.2) is 0 Å². The third-order valence-electron chi connectivity index (χ3n) is 3.99. The van der Waals surface area contributed by atoms with E-state index >= 15 is 0 Å². The van der Waals surface area contributed by atoms with Crippen LogP contribution < -0.4 is 10.6 Å². The third kappa shape index (κ3) is 4.45. The highest BCUT2D eigenvalue weighted by Crippen LogP contribution is 2.17. The summed E-state index contributed by atoms with van der Waals surface area (Å²) in [5.41, 5.74) is 2.99. The van der Waals surface area contributed by atoms with Gasteiger partial charge in [-0.25, -0.2) is 0 Å². The van der Waals surface area contributed by atoms with Crippen LogP contribution in [0.15, 0.2) is 18.2 Å². The van der Waals surface area contributed by atoms with Crippen LogP contribution in [0, 0.1) is 13.8 Å². The Hall–Kier alpha value is -1.59. The third-order valence-corrected chi connectivity index (χ3v) is 3.99. The lowest BCUT2D eigenvalue weighted by Crippen LogP contribution is -2.44. The van der Waals surface area contributed by atoms with Crippen molar-refractivity contribution < 1.29 is 9.59 Å². The molecule has 122 valence electrons. The SMILES string of the molecule is Cc1cccc(NC(=O)CN(C)C(=O)C2CCCN2)c1C.Cl. The van der Waals surface area contributed by atoms with E-state index in [1.807, 2.05) is 32.0 Å². The highest BCUT2D eigenvalue weighted by molar-refractivity contribution is 5.95. The van der Waals surface area contributed by atoms with Crippen LogP contribution in [-0.2, 0) is 9.59 Å². The van der Waals surface area contributed by atoms with Gasteiger partial charge in [0.05, 0.1) is 12.6 Å². The number of rotatable bonds is 4. The van der Waals surface area contributed by atoms with Gasteiger partial charge in [-0.05, 0) is 50.4 Å². The molecule has 1 aromatic carbocycles. The molecule has 1 heterocycles. The van der Waals surface area contributed by atoms with Crippen molar-refractivity contribution in [2.24, 2.45) is 0 Å². The van der Waals surface area contributed by atoms with E-state index in [0.29, 0.717) is 0 Å². The van der Waals surface area contributed by atoms with Gasteiger partial charge in [0, 0.05) is 12.7 Å². The molecule has 22 heavy (non-hydrogen) atoms. The molecule has 0 aliphatic carbocycles. The summed E-state index contributed by atoms with van der Waals surface area (Å²) in [7, 11) is 1.67. The lowest BCUT2D eigenvalue weighted by molar-refractivity contribution is -0.134. The maximum Gasteiger partial charge on any atom is 0.243 e. The first-order valence-electron chi connectivity index (χ1n) is 7.33. The first-order valence-corrected chi connectivity index (χ1v) is 7.33. The van der Waals surface area contributed by atoms with Gasteiger partial charge in [-0.2, -0.15) is 0 Å². The summed E-state index contributed by atoms with van der Waals surface area (Å²) in [6, 6.07) is 5.66. The Morgan fingerprint density at radius 2 is 2.09 bits per heavy atom. The highest BCUT2D eigenvalue weighted by Gasteiger charge is 2.25. The fourth-order valence-electron chi connectivity index (χ4n) is 2.53. The van der Waals surface area contributed by atoms with E-state index in [4.69, 9.17) is 0 Å². The molecule has 1 atom stereocenters. The number of hydrogen-bond donors (Lipinski definition) is 2. The minimum atomic E-state index is -0.169. The Morgan fingerprint density at radius 3 is 2.73 bits per heavy atom. The van der Waals surface area contributed by atoms with Gasteiger partial charge in [0.2, 0.25) is 11.8 Å². The molecule has 0 saturated carbocycles. The van der Waals surface area contributed by atoms with E-state index < -0.39 is 0 Å². The molecular formula is C16H24ClN3O2. The van der Waals surface area contributed by atoms with Crippen LogP contribution >= 0.6 is 12.4 Å². The summed E-state index contributed by atoms with van der Waals surface area (Å²) in [5.74, 6) is -0.179. The van der Waals surface area contributed by atoms with Gasteiger partial charge < -0.3 is 15.5 Å². The van der Waals surface area contributed by atoms with Crippen LogP contribution in [0.4, 0.5) is 5.69 Å². The Labute approximate surface area is 137 Å². The van der Waals surface area contributed by atoms with E-state index in [0.717, 1.165) is 36.2 Å². The number of hydrogen-bond acceptors (Lipinski definition) is 3. The average Bonchev–Trinajstić information content (AvgIpc) is 2.97. The molecule has 1 aromatic rings. The Morgan fingerprint density at radius 1 is 1.36 bits per heavy atom. The van der Waals surface area contributed by atoms with Crippen LogP contribution in [0.3, 0.4) is 0 Å². The number of nitrogens with one attached hydrogen (secondary N) is 2. The molecule has 2 rings (SSSR count). The van der Waals surface area contributed by atoms with Gasteiger partial charge in [0.1, 0.15) is 0 Å². The zero-order valence-corrected chi connectivity index (χ0v) is 14.1. The predicted molar refractivity (Wildman–Crippen MR) is 90.5 cm³/mol. The Kier molecular flexibility index (Phi) is 6.84. The molecular weight excluding hydrogens is 302 g/mol. The monoisotopic (exact) mass is 325 g/mol. The number of carbonyl (C=O) groups excluding carboxylic acids is 2. The lowest BCUT2D eigenvalue weighted by Gasteiger charge is -2.21. The van der Waals surface area contributed by atoms with Gasteiger partial charge in [0.25, 0.3) is 0 Å². The van der Waals surface area contributed by atoms with E-state index in [9.17, 15) is 9.59 Å². The number of aryl methyl sites for hydroxylation is 1. The molecule has 1 aliphatic heterocycles. The topological polar surface area (TPSA) is 61.4 Å². The molecule has 6 heteroatoms. The number of benzene rings is 1. The zero-order valence-electron chi connectivity index (χ0n) is 13.3. The van der Waals surface area contributed by atoms with Crippen molar-refractivity contribution in [3.05, 3.63) is 29.3 Å². The molecule has 0 aromatic heterocycles. The maximum absolute atomic E-state index is 12.1. The van der Waals surface area contributed by atoms with Crippen LogP contribution in [0.5, 0.6) is 0 Å². The summed E-state index contributed by atoms with van der Waals surface area (Å²) in [5, 5.41) is 6.03. The summed E-state index contributed by atoms with van der Waals surface area (Å²) in [6.07, 6.45) is 1.86. The van der Waals surface area contributed by atoms with Crippen molar-refractivity contribution in [2.75, 3.05) is 25.5 Å². The fourth-order valence-corrected chi connectivity index (χ4v) is 2.53. The predicted octanol–water partition coefficient (Wildman–Crippen LogP) is 1.87. The standard InChI is InChI=1S/C16H23N3O2.ClH/c1-11-6-4-7-13(12(11)2)18-15(20)10-19(3)16(21)14-8-5-9-17-14;/h4,6-7,14,17H,5,8-10H2,1-3H3,(H,18,20);1H. The van der Waals surface area contributed by atoms with Crippen LogP contribution in [0.2, 0.25) is 0 Å². The Bertz CT molecular complexity index is 542. The van der Waals surface area contributed by atoms with E-state index in [-0.39, 0.29) is 36.8 Å². The van der Waals surface area contributed by atoms with Crippen LogP contribution in [-0.4, -0.2) is 42.9 Å². The molecule has 1 aliphatic rings. The highest BCUT2D eigenvalue weighted by atomic mass is 35.5. The maximum atomic E-state index is 12.1. The van der Waals surface area contributed by atoms with E-state index in [1.165, 1.54) is 4.90 Å². The van der Waals surface area contributed by atoms with Crippen molar-refractivity contribution in [3.63, 3.8) is 0 Å². The Balaban J connectivity index is 0.00000242. The van der Waals surface area contributed by atoms with Crippen molar-refractivity contribution >= 4 is 29.9 Å². The number of likely N-dealkylation sites (N-methyl/N-ethyl adjacent to an activating group) is 1. The second-order valence-electron chi connectivity index (χ2n) is 5.64. The second kappa shape index (κ2) is 8.15. The minimum absolute atomic E-state index is 0. The molecule has 2 amide bonds. The quantitative estimate of drug-likeness (QED) is 0.888. The molecule has 2 N–H and O–H groups in total. The molecule has 1 unspecified atom stereocenters. The van der Waals surface area contributed by atoms with Gasteiger partial charge in [-0.1, -0.05) is 12.1 Å². The molecule has 0 spiro atoms. The van der Waals surface area contributed by atoms with Gasteiger partial charge >= 0.3 is 0 Å². The van der Waals surface area contributed by atoms with E-state index in [1.54, 1.807) is 7.05 Å². The molecule has 5 nitrogen and oxygen atoms in total. The van der Waals surface area contributed by atoms with Gasteiger partial charge in [-0.15, -0.1) is 12.4 Å². The van der Waals surface area contributed by atoms with Crippen molar-refractivity contribution in [2.45, 2.75) is 32.7 Å². The minimum Gasteiger partial charge on any atom is -0.335 e. The molecule has 0 bridgehead atoms. The molecule has 1 fully saturated rings.